The fourth-order valence-corrected chi connectivity index (χ4v) is 3.33. The van der Waals surface area contributed by atoms with Crippen molar-refractivity contribution >= 4 is 5.78 Å². The summed E-state index contributed by atoms with van der Waals surface area (Å²) in [5.74, 6) is 1.07. The lowest BCUT2D eigenvalue weighted by Gasteiger charge is -2.26. The summed E-state index contributed by atoms with van der Waals surface area (Å²) in [6.07, 6.45) is 5.28. The van der Waals surface area contributed by atoms with Crippen LogP contribution in [0.15, 0.2) is 18.2 Å². The number of ketones is 1. The Balaban J connectivity index is 1.77. The Morgan fingerprint density at radius 3 is 2.48 bits per heavy atom. The number of nitrogens with zero attached hydrogens (tertiary/aromatic N) is 1. The van der Waals surface area contributed by atoms with Gasteiger partial charge in [-0.25, -0.2) is 0 Å². The highest BCUT2D eigenvalue weighted by atomic mass is 16.5. The van der Waals surface area contributed by atoms with E-state index in [0.717, 1.165) is 42.9 Å². The van der Waals surface area contributed by atoms with Crippen molar-refractivity contribution in [1.82, 2.24) is 4.90 Å². The van der Waals surface area contributed by atoms with Gasteiger partial charge in [-0.05, 0) is 63.0 Å². The van der Waals surface area contributed by atoms with Gasteiger partial charge < -0.3 is 19.1 Å². The minimum absolute atomic E-state index is 0.223. The molecule has 0 aromatic heterocycles. The molecule has 5 nitrogen and oxygen atoms in total. The van der Waals surface area contributed by atoms with E-state index in [1.807, 2.05) is 25.1 Å². The summed E-state index contributed by atoms with van der Waals surface area (Å²) in [5.41, 5.74) is 1.87. The summed E-state index contributed by atoms with van der Waals surface area (Å²) in [5, 5.41) is 0. The molecule has 1 heterocycles. The van der Waals surface area contributed by atoms with Gasteiger partial charge in [0.2, 0.25) is 0 Å². The summed E-state index contributed by atoms with van der Waals surface area (Å²) in [6.45, 7) is 10.1. The van der Waals surface area contributed by atoms with Gasteiger partial charge in [-0.15, -0.1) is 0 Å². The maximum atomic E-state index is 12.6. The predicted molar refractivity (Wildman–Crippen MR) is 108 cm³/mol. The zero-order chi connectivity index (χ0) is 19.3. The van der Waals surface area contributed by atoms with E-state index in [9.17, 15) is 4.79 Å². The number of rotatable bonds is 13. The van der Waals surface area contributed by atoms with Crippen LogP contribution in [0.4, 0.5) is 0 Å². The first-order valence-corrected chi connectivity index (χ1v) is 10.4. The fourth-order valence-electron chi connectivity index (χ4n) is 3.33. The molecule has 1 aromatic rings. The molecule has 2 rings (SSSR count). The van der Waals surface area contributed by atoms with Gasteiger partial charge >= 0.3 is 0 Å². The van der Waals surface area contributed by atoms with Crippen LogP contribution < -0.4 is 4.74 Å². The molecule has 0 aliphatic carbocycles. The normalized spacial score (nSPS) is 15.0. The highest BCUT2D eigenvalue weighted by molar-refractivity contribution is 5.96. The molecule has 0 radical (unpaired) electrons. The Kier molecular flexibility index (Phi) is 10.4. The topological polar surface area (TPSA) is 48.0 Å². The molecule has 1 aliphatic heterocycles. The second kappa shape index (κ2) is 12.9. The van der Waals surface area contributed by atoms with Crippen molar-refractivity contribution in [3.05, 3.63) is 29.3 Å². The molecule has 1 fully saturated rings. The van der Waals surface area contributed by atoms with Crippen LogP contribution >= 0.6 is 0 Å². The Morgan fingerprint density at radius 2 is 1.74 bits per heavy atom. The van der Waals surface area contributed by atoms with Gasteiger partial charge in [0.15, 0.2) is 5.78 Å². The van der Waals surface area contributed by atoms with Crippen molar-refractivity contribution in [2.45, 2.75) is 46.0 Å². The number of carbonyl (C=O) groups excluding carboxylic acids is 1. The van der Waals surface area contributed by atoms with Crippen molar-refractivity contribution in [2.75, 3.05) is 52.7 Å². The van der Waals surface area contributed by atoms with Crippen LogP contribution in [0.2, 0.25) is 0 Å². The van der Waals surface area contributed by atoms with Crippen molar-refractivity contribution in [3.63, 3.8) is 0 Å². The summed E-state index contributed by atoms with van der Waals surface area (Å²) >= 11 is 0. The number of benzene rings is 1. The first kappa shape index (κ1) is 21.9. The van der Waals surface area contributed by atoms with Gasteiger partial charge in [-0.1, -0.05) is 13.3 Å². The van der Waals surface area contributed by atoms with Crippen LogP contribution in [0.1, 0.15) is 55.5 Å². The molecule has 1 aromatic carbocycles. The van der Waals surface area contributed by atoms with E-state index in [2.05, 4.69) is 11.8 Å². The molecule has 0 spiro atoms. The number of hydrogen-bond donors (Lipinski definition) is 0. The third-order valence-electron chi connectivity index (χ3n) is 4.93. The number of likely N-dealkylation sites (tertiary alicyclic amines) is 1. The quantitative estimate of drug-likeness (QED) is 0.387. The Labute approximate surface area is 164 Å². The molecule has 5 heteroatoms. The zero-order valence-corrected chi connectivity index (χ0v) is 17.0. The molecular formula is C22H35NO4. The minimum atomic E-state index is 0.223. The highest BCUT2D eigenvalue weighted by Gasteiger charge is 2.14. The second-order valence-electron chi connectivity index (χ2n) is 6.91. The molecule has 0 saturated carbocycles. The van der Waals surface area contributed by atoms with Gasteiger partial charge in [-0.3, -0.25) is 4.79 Å². The van der Waals surface area contributed by atoms with E-state index in [1.54, 1.807) is 0 Å². The molecule has 1 aliphatic rings. The number of Topliss-reactive ketones (excluding diaryl/α,β-unsaturated/α-hetero) is 1. The lowest BCUT2D eigenvalue weighted by atomic mass is 10.0. The van der Waals surface area contributed by atoms with Crippen LogP contribution in [0.3, 0.4) is 0 Å². The second-order valence-corrected chi connectivity index (χ2v) is 6.91. The summed E-state index contributed by atoms with van der Waals surface area (Å²) in [7, 11) is 0. The number of hydrogen-bond acceptors (Lipinski definition) is 5. The van der Waals surface area contributed by atoms with Crippen LogP contribution in [0.5, 0.6) is 5.75 Å². The highest BCUT2D eigenvalue weighted by Crippen LogP contribution is 2.22. The summed E-state index contributed by atoms with van der Waals surface area (Å²) < 4.78 is 16.5. The zero-order valence-electron chi connectivity index (χ0n) is 17.0. The third kappa shape index (κ3) is 7.99. The van der Waals surface area contributed by atoms with Crippen LogP contribution in [0, 0.1) is 0 Å². The maximum absolute atomic E-state index is 12.6. The molecule has 27 heavy (non-hydrogen) atoms. The van der Waals surface area contributed by atoms with Crippen molar-refractivity contribution in [1.29, 1.82) is 0 Å². The Hall–Kier alpha value is -1.43. The predicted octanol–water partition coefficient (Wildman–Crippen LogP) is 3.74. The first-order valence-electron chi connectivity index (χ1n) is 10.4. The molecule has 1 saturated heterocycles. The molecule has 152 valence electrons. The first-order chi connectivity index (χ1) is 13.2. The average molecular weight is 378 g/mol. The lowest BCUT2D eigenvalue weighted by Crippen LogP contribution is -2.31. The lowest BCUT2D eigenvalue weighted by molar-refractivity contribution is 0.0404. The van der Waals surface area contributed by atoms with Gasteiger partial charge in [0.1, 0.15) is 12.4 Å². The van der Waals surface area contributed by atoms with E-state index in [1.165, 1.54) is 19.3 Å². The SMILES string of the molecule is CCOCCOCCOc1ccc(C(=O)CCN2CCCCC2)cc1CC. The van der Waals surface area contributed by atoms with Gasteiger partial charge in [0.05, 0.1) is 19.8 Å². The van der Waals surface area contributed by atoms with E-state index in [0.29, 0.717) is 39.5 Å². The summed E-state index contributed by atoms with van der Waals surface area (Å²) in [6, 6.07) is 5.81. The number of carbonyl (C=O) groups is 1. The average Bonchev–Trinajstić information content (AvgIpc) is 2.72. The largest absolute Gasteiger partial charge is 0.491 e. The molecule has 0 N–H and O–H groups in total. The van der Waals surface area contributed by atoms with Crippen molar-refractivity contribution in [2.24, 2.45) is 0 Å². The van der Waals surface area contributed by atoms with E-state index in [-0.39, 0.29) is 5.78 Å². The molecule has 0 atom stereocenters. The third-order valence-corrected chi connectivity index (χ3v) is 4.93. The molecule has 0 unspecified atom stereocenters. The fraction of sp³-hybridized carbons (Fsp3) is 0.682. The molecule has 0 bridgehead atoms. The van der Waals surface area contributed by atoms with Crippen LogP contribution in [-0.4, -0.2) is 63.4 Å². The number of piperidine rings is 1. The van der Waals surface area contributed by atoms with E-state index < -0.39 is 0 Å². The van der Waals surface area contributed by atoms with Gasteiger partial charge in [-0.2, -0.15) is 0 Å². The standard InChI is InChI=1S/C22H35NO4/c1-3-19-18-20(21(24)10-13-23-11-6-5-7-12-23)8-9-22(19)27-17-16-26-15-14-25-4-2/h8-9,18H,3-7,10-17H2,1-2H3. The Bertz CT molecular complexity index is 555. The Morgan fingerprint density at radius 1 is 1.00 bits per heavy atom. The monoisotopic (exact) mass is 377 g/mol. The van der Waals surface area contributed by atoms with Crippen molar-refractivity contribution < 1.29 is 19.0 Å². The maximum Gasteiger partial charge on any atom is 0.164 e. The van der Waals surface area contributed by atoms with E-state index >= 15 is 0 Å². The number of ether oxygens (including phenoxy) is 3. The van der Waals surface area contributed by atoms with Crippen LogP contribution in [0.25, 0.3) is 0 Å². The minimum Gasteiger partial charge on any atom is -0.491 e. The van der Waals surface area contributed by atoms with E-state index in [4.69, 9.17) is 14.2 Å². The number of aryl methyl sites for hydroxylation is 1. The van der Waals surface area contributed by atoms with Crippen molar-refractivity contribution in [3.8, 4) is 5.75 Å². The van der Waals surface area contributed by atoms with Gasteiger partial charge in [0.25, 0.3) is 0 Å². The summed E-state index contributed by atoms with van der Waals surface area (Å²) in [4.78, 5) is 15.0. The molecular weight excluding hydrogens is 342 g/mol. The van der Waals surface area contributed by atoms with Gasteiger partial charge in [0, 0.05) is 25.1 Å². The smallest absolute Gasteiger partial charge is 0.164 e. The molecule has 0 amide bonds. The van der Waals surface area contributed by atoms with Crippen LogP contribution in [-0.2, 0) is 15.9 Å².